The lowest BCUT2D eigenvalue weighted by Crippen LogP contribution is -2.60. The summed E-state index contributed by atoms with van der Waals surface area (Å²) in [5, 5.41) is 9.33. The summed E-state index contributed by atoms with van der Waals surface area (Å²) in [6.45, 7) is 7.81. The van der Waals surface area contributed by atoms with Crippen LogP contribution in [0.4, 0.5) is 11.4 Å². The fraction of sp³-hybridized carbons (Fsp3) is 0.474. The monoisotopic (exact) mass is 403 g/mol. The third kappa shape index (κ3) is 3.58. The summed E-state index contributed by atoms with van der Waals surface area (Å²) >= 11 is 1.22. The average molecular weight is 404 g/mol. The largest absolute Gasteiger partial charge is 0.343 e. The zero-order chi connectivity index (χ0) is 20.5. The Bertz CT molecular complexity index is 949. The number of unbranched alkanes of at least 4 members (excludes halogenated alkanes) is 1. The van der Waals surface area contributed by atoms with Crippen LogP contribution < -0.4 is 15.9 Å². The van der Waals surface area contributed by atoms with E-state index in [2.05, 4.69) is 15.5 Å². The first-order valence-electron chi connectivity index (χ1n) is 9.33. The van der Waals surface area contributed by atoms with Gasteiger partial charge in [-0.1, -0.05) is 37.2 Å². The minimum absolute atomic E-state index is 0.213. The standard InChI is InChI=1S/C19H25N5O3S/c1-5-6-11-23-17(27)21-22-18(23)28-12(2)15(25)24-14-10-8-7-9-13(14)20-16(26)19(24,3)4/h7-10,12H,5-6,11H2,1-4H3,(H,20,26)(H,21,27)/t12-/m0/s1. The smallest absolute Gasteiger partial charge is 0.322 e. The molecule has 2 aromatic rings. The maximum absolute atomic E-state index is 13.4. The van der Waals surface area contributed by atoms with E-state index in [0.717, 1.165) is 12.8 Å². The summed E-state index contributed by atoms with van der Waals surface area (Å²) in [4.78, 5) is 39.5. The lowest BCUT2D eigenvalue weighted by atomic mass is 9.96. The minimum Gasteiger partial charge on any atom is -0.322 e. The lowest BCUT2D eigenvalue weighted by Gasteiger charge is -2.43. The van der Waals surface area contributed by atoms with E-state index in [1.54, 1.807) is 36.3 Å². The molecule has 1 aliphatic heterocycles. The average Bonchev–Trinajstić information content (AvgIpc) is 2.99. The Morgan fingerprint density at radius 1 is 1.29 bits per heavy atom. The number of amides is 2. The molecular formula is C19H25N5O3S. The number of H-pyrrole nitrogens is 1. The molecule has 0 aliphatic carbocycles. The van der Waals surface area contributed by atoms with Crippen molar-refractivity contribution in [3.05, 3.63) is 34.7 Å². The molecule has 3 rings (SSSR count). The molecule has 2 heterocycles. The van der Waals surface area contributed by atoms with Crippen LogP contribution in [0.25, 0.3) is 0 Å². The number of aromatic amines is 1. The van der Waals surface area contributed by atoms with Crippen LogP contribution in [0.5, 0.6) is 0 Å². The van der Waals surface area contributed by atoms with Gasteiger partial charge in [0.2, 0.25) is 11.8 Å². The van der Waals surface area contributed by atoms with E-state index in [9.17, 15) is 14.4 Å². The molecule has 9 heteroatoms. The van der Waals surface area contributed by atoms with Crippen molar-refractivity contribution in [2.75, 3.05) is 10.2 Å². The van der Waals surface area contributed by atoms with E-state index >= 15 is 0 Å². The number of thioether (sulfide) groups is 1. The molecule has 2 N–H and O–H groups in total. The highest BCUT2D eigenvalue weighted by atomic mass is 32.2. The van der Waals surface area contributed by atoms with Crippen LogP contribution in [0.1, 0.15) is 40.5 Å². The van der Waals surface area contributed by atoms with Crippen LogP contribution in [0.2, 0.25) is 0 Å². The molecule has 0 unspecified atom stereocenters. The molecule has 0 bridgehead atoms. The Morgan fingerprint density at radius 2 is 2.00 bits per heavy atom. The first-order valence-corrected chi connectivity index (χ1v) is 10.2. The lowest BCUT2D eigenvalue weighted by molar-refractivity contribution is -0.126. The predicted molar refractivity (Wildman–Crippen MR) is 110 cm³/mol. The van der Waals surface area contributed by atoms with Crippen molar-refractivity contribution in [2.24, 2.45) is 0 Å². The fourth-order valence-corrected chi connectivity index (χ4v) is 4.07. The van der Waals surface area contributed by atoms with Gasteiger partial charge in [0.1, 0.15) is 5.54 Å². The number of hydrogen-bond donors (Lipinski definition) is 2. The molecular weight excluding hydrogens is 378 g/mol. The third-order valence-corrected chi connectivity index (χ3v) is 5.89. The molecule has 0 saturated heterocycles. The number of hydrogen-bond acceptors (Lipinski definition) is 5. The molecule has 1 aromatic carbocycles. The molecule has 2 amide bonds. The number of nitrogens with one attached hydrogen (secondary N) is 2. The van der Waals surface area contributed by atoms with Gasteiger partial charge in [-0.2, -0.15) is 0 Å². The molecule has 8 nitrogen and oxygen atoms in total. The molecule has 0 spiro atoms. The highest BCUT2D eigenvalue weighted by molar-refractivity contribution is 8.00. The van der Waals surface area contributed by atoms with Crippen molar-refractivity contribution in [3.63, 3.8) is 0 Å². The van der Waals surface area contributed by atoms with Gasteiger partial charge in [-0.15, -0.1) is 5.10 Å². The Kier molecular flexibility index (Phi) is 5.64. The number of anilines is 2. The van der Waals surface area contributed by atoms with E-state index in [4.69, 9.17) is 0 Å². The number of benzene rings is 1. The quantitative estimate of drug-likeness (QED) is 0.722. The Morgan fingerprint density at radius 3 is 2.71 bits per heavy atom. The van der Waals surface area contributed by atoms with Crippen molar-refractivity contribution in [1.29, 1.82) is 0 Å². The molecule has 0 saturated carbocycles. The van der Waals surface area contributed by atoms with Crippen molar-refractivity contribution in [3.8, 4) is 0 Å². The zero-order valence-corrected chi connectivity index (χ0v) is 17.3. The molecule has 0 radical (unpaired) electrons. The van der Waals surface area contributed by atoms with E-state index in [-0.39, 0.29) is 17.5 Å². The van der Waals surface area contributed by atoms with Gasteiger partial charge < -0.3 is 5.32 Å². The Labute approximate surface area is 167 Å². The van der Waals surface area contributed by atoms with Gasteiger partial charge in [-0.3, -0.25) is 19.1 Å². The minimum atomic E-state index is -1.03. The second-order valence-corrected chi connectivity index (χ2v) is 8.59. The van der Waals surface area contributed by atoms with Crippen LogP contribution >= 0.6 is 11.8 Å². The van der Waals surface area contributed by atoms with Crippen LogP contribution in [0, 0.1) is 0 Å². The van der Waals surface area contributed by atoms with Crippen molar-refractivity contribution in [2.45, 2.75) is 63.0 Å². The maximum Gasteiger partial charge on any atom is 0.343 e. The summed E-state index contributed by atoms with van der Waals surface area (Å²) < 4.78 is 1.56. The highest BCUT2D eigenvalue weighted by Crippen LogP contribution is 2.38. The van der Waals surface area contributed by atoms with Gasteiger partial charge in [-0.25, -0.2) is 9.89 Å². The normalized spacial score (nSPS) is 16.4. The third-order valence-electron chi connectivity index (χ3n) is 4.82. The van der Waals surface area contributed by atoms with Gasteiger partial charge in [-0.05, 0) is 39.3 Å². The first-order chi connectivity index (χ1) is 13.3. The summed E-state index contributed by atoms with van der Waals surface area (Å²) in [6, 6.07) is 7.24. The van der Waals surface area contributed by atoms with Gasteiger partial charge in [0.05, 0.1) is 16.6 Å². The van der Waals surface area contributed by atoms with Crippen LogP contribution in [-0.4, -0.2) is 37.4 Å². The second kappa shape index (κ2) is 7.83. The molecule has 28 heavy (non-hydrogen) atoms. The SMILES string of the molecule is CCCCn1c(S[C@@H](C)C(=O)N2c3ccccc3NC(=O)C2(C)C)n[nH]c1=O. The van der Waals surface area contributed by atoms with Gasteiger partial charge in [0.15, 0.2) is 5.16 Å². The Balaban J connectivity index is 1.89. The van der Waals surface area contributed by atoms with Crippen molar-refractivity contribution >= 4 is 35.0 Å². The number of para-hydroxylation sites is 2. The maximum atomic E-state index is 13.4. The highest BCUT2D eigenvalue weighted by Gasteiger charge is 2.44. The zero-order valence-electron chi connectivity index (χ0n) is 16.5. The molecule has 1 aromatic heterocycles. The van der Waals surface area contributed by atoms with E-state index in [0.29, 0.717) is 23.1 Å². The van der Waals surface area contributed by atoms with Crippen LogP contribution in [-0.2, 0) is 16.1 Å². The summed E-state index contributed by atoms with van der Waals surface area (Å²) in [5.41, 5.74) is -0.0427. The number of aromatic nitrogens is 3. The van der Waals surface area contributed by atoms with Gasteiger partial charge >= 0.3 is 5.69 Å². The number of fused-ring (bicyclic) bond motifs is 1. The van der Waals surface area contributed by atoms with Crippen molar-refractivity contribution < 1.29 is 9.59 Å². The van der Waals surface area contributed by atoms with Crippen molar-refractivity contribution in [1.82, 2.24) is 14.8 Å². The molecule has 1 aliphatic rings. The number of rotatable bonds is 6. The summed E-state index contributed by atoms with van der Waals surface area (Å²) in [5.74, 6) is -0.453. The van der Waals surface area contributed by atoms with E-state index < -0.39 is 10.8 Å². The number of carbonyl (C=O) groups excluding carboxylic acids is 2. The summed E-state index contributed by atoms with van der Waals surface area (Å²) in [7, 11) is 0. The number of carbonyl (C=O) groups is 2. The topological polar surface area (TPSA) is 100 Å². The molecule has 1 atom stereocenters. The van der Waals surface area contributed by atoms with Crippen LogP contribution in [0.3, 0.4) is 0 Å². The second-order valence-electron chi connectivity index (χ2n) is 7.28. The Hall–Kier alpha value is -2.55. The van der Waals surface area contributed by atoms with E-state index in [1.165, 1.54) is 11.8 Å². The fourth-order valence-electron chi connectivity index (χ4n) is 3.14. The van der Waals surface area contributed by atoms with E-state index in [1.807, 2.05) is 25.1 Å². The first kappa shape index (κ1) is 20.2. The van der Waals surface area contributed by atoms with Crippen LogP contribution in [0.15, 0.2) is 34.2 Å². The number of nitrogens with zero attached hydrogens (tertiary/aromatic N) is 3. The van der Waals surface area contributed by atoms with Gasteiger partial charge in [0.25, 0.3) is 0 Å². The summed E-state index contributed by atoms with van der Waals surface area (Å²) in [6.07, 6.45) is 1.80. The predicted octanol–water partition coefficient (Wildman–Crippen LogP) is 2.62. The molecule has 0 fully saturated rings. The molecule has 150 valence electrons. The van der Waals surface area contributed by atoms with Gasteiger partial charge in [0, 0.05) is 6.54 Å².